The quantitative estimate of drug-likeness (QED) is 0.186. The van der Waals surface area contributed by atoms with Gasteiger partial charge in [0.2, 0.25) is 11.8 Å². The molecule has 10 heteroatoms. The van der Waals surface area contributed by atoms with Gasteiger partial charge in [-0.05, 0) is 86.0 Å². The second-order valence-electron chi connectivity index (χ2n) is 11.4. The fourth-order valence-corrected chi connectivity index (χ4v) is 6.93. The number of sulfonamides is 1. The minimum absolute atomic E-state index is 0.0125. The van der Waals surface area contributed by atoms with E-state index in [0.717, 1.165) is 36.4 Å². The molecule has 0 bridgehead atoms. The molecule has 1 unspecified atom stereocenters. The molecular weight excluding hydrogens is 605 g/mol. The van der Waals surface area contributed by atoms with Crippen molar-refractivity contribution in [2.24, 2.45) is 0 Å². The number of amides is 2. The number of ether oxygens (including phenoxy) is 1. The summed E-state index contributed by atoms with van der Waals surface area (Å²) >= 11 is 0. The lowest BCUT2D eigenvalue weighted by Gasteiger charge is -2.33. The Morgan fingerprint density at radius 3 is 2.04 bits per heavy atom. The van der Waals surface area contributed by atoms with Crippen molar-refractivity contribution >= 4 is 27.5 Å². The van der Waals surface area contributed by atoms with Crippen LogP contribution in [0.4, 0.5) is 10.1 Å². The summed E-state index contributed by atoms with van der Waals surface area (Å²) in [6, 6.07) is 28.3. The second-order valence-corrected chi connectivity index (χ2v) is 13.3. The van der Waals surface area contributed by atoms with Crippen molar-refractivity contribution < 1.29 is 27.1 Å². The van der Waals surface area contributed by atoms with Crippen molar-refractivity contribution in [2.45, 2.75) is 62.6 Å². The van der Waals surface area contributed by atoms with Gasteiger partial charge in [-0.15, -0.1) is 0 Å². The van der Waals surface area contributed by atoms with E-state index in [0.29, 0.717) is 17.1 Å². The molecule has 5 rings (SSSR count). The summed E-state index contributed by atoms with van der Waals surface area (Å²) in [6.45, 7) is 1.05. The van der Waals surface area contributed by atoms with Gasteiger partial charge in [-0.3, -0.25) is 13.9 Å². The number of anilines is 1. The Balaban J connectivity index is 1.45. The first kappa shape index (κ1) is 32.7. The molecule has 1 atom stereocenters. The molecular formula is C36H38FN3O5S. The van der Waals surface area contributed by atoms with Gasteiger partial charge in [0.25, 0.3) is 10.0 Å². The molecule has 1 aliphatic rings. The Kier molecular flexibility index (Phi) is 10.7. The van der Waals surface area contributed by atoms with Crippen LogP contribution in [0.25, 0.3) is 0 Å². The molecule has 0 heterocycles. The van der Waals surface area contributed by atoms with Gasteiger partial charge < -0.3 is 15.0 Å². The monoisotopic (exact) mass is 643 g/mol. The molecule has 4 aromatic rings. The van der Waals surface area contributed by atoms with E-state index in [1.54, 1.807) is 73.7 Å². The predicted octanol–water partition coefficient (Wildman–Crippen LogP) is 6.68. The van der Waals surface area contributed by atoms with Crippen LogP contribution in [-0.2, 0) is 26.2 Å². The third kappa shape index (κ3) is 8.31. The van der Waals surface area contributed by atoms with E-state index in [2.05, 4.69) is 5.32 Å². The third-order valence-corrected chi connectivity index (χ3v) is 9.89. The molecule has 8 nitrogen and oxygen atoms in total. The van der Waals surface area contributed by atoms with Crippen LogP contribution in [-0.4, -0.2) is 43.8 Å². The number of para-hydroxylation sites is 1. The summed E-state index contributed by atoms with van der Waals surface area (Å²) in [4.78, 5) is 29.0. The molecule has 1 fully saturated rings. The maximum Gasteiger partial charge on any atom is 0.264 e. The normalized spacial score (nSPS) is 14.2. The Labute approximate surface area is 269 Å². The highest BCUT2D eigenvalue weighted by Gasteiger charge is 2.33. The number of halogens is 1. The maximum atomic E-state index is 14.2. The van der Waals surface area contributed by atoms with Crippen molar-refractivity contribution in [1.82, 2.24) is 10.2 Å². The van der Waals surface area contributed by atoms with Gasteiger partial charge in [0.1, 0.15) is 29.9 Å². The topological polar surface area (TPSA) is 96.0 Å². The Hall–Kier alpha value is -4.70. The van der Waals surface area contributed by atoms with E-state index in [1.165, 1.54) is 29.2 Å². The van der Waals surface area contributed by atoms with E-state index in [-0.39, 0.29) is 29.1 Å². The van der Waals surface area contributed by atoms with Gasteiger partial charge in [0.05, 0.1) is 10.6 Å². The number of benzene rings is 4. The highest BCUT2D eigenvalue weighted by atomic mass is 32.2. The molecule has 0 spiro atoms. The molecule has 1 N–H and O–H groups in total. The minimum Gasteiger partial charge on any atom is -0.457 e. The van der Waals surface area contributed by atoms with E-state index in [1.807, 2.05) is 18.2 Å². The number of carbonyl (C=O) groups excluding carboxylic acids is 2. The Morgan fingerprint density at radius 2 is 1.41 bits per heavy atom. The number of carbonyl (C=O) groups is 2. The first-order valence-electron chi connectivity index (χ1n) is 15.5. The van der Waals surface area contributed by atoms with Crippen LogP contribution in [0.5, 0.6) is 11.5 Å². The van der Waals surface area contributed by atoms with E-state index < -0.39 is 34.3 Å². The van der Waals surface area contributed by atoms with Crippen molar-refractivity contribution in [2.75, 3.05) is 10.8 Å². The van der Waals surface area contributed by atoms with Crippen LogP contribution in [0.15, 0.2) is 114 Å². The van der Waals surface area contributed by atoms with Crippen LogP contribution in [0.3, 0.4) is 0 Å². The number of hydrogen-bond acceptors (Lipinski definition) is 5. The molecule has 0 saturated heterocycles. The van der Waals surface area contributed by atoms with Crippen LogP contribution in [0, 0.1) is 5.82 Å². The average molecular weight is 644 g/mol. The fraction of sp³-hybridized carbons (Fsp3) is 0.278. The lowest BCUT2D eigenvalue weighted by molar-refractivity contribution is -0.139. The Bertz CT molecular complexity index is 1700. The van der Waals surface area contributed by atoms with Crippen molar-refractivity contribution in [3.05, 3.63) is 121 Å². The smallest absolute Gasteiger partial charge is 0.264 e. The molecule has 0 radical (unpaired) electrons. The summed E-state index contributed by atoms with van der Waals surface area (Å²) < 4.78 is 48.7. The predicted molar refractivity (Wildman–Crippen MR) is 175 cm³/mol. The fourth-order valence-electron chi connectivity index (χ4n) is 5.49. The van der Waals surface area contributed by atoms with Gasteiger partial charge in [0.15, 0.2) is 0 Å². The van der Waals surface area contributed by atoms with E-state index in [4.69, 9.17) is 4.74 Å². The molecule has 46 heavy (non-hydrogen) atoms. The van der Waals surface area contributed by atoms with Gasteiger partial charge in [-0.2, -0.15) is 0 Å². The highest BCUT2D eigenvalue weighted by Crippen LogP contribution is 2.29. The standard InChI is InChI=1S/C36H38FN3O5S/c1-27(36(42)38-30-11-5-2-6-12-30)39(25-28-17-19-29(37)20-18-28)35(41)26-40(46(43,44)34-15-9-4-10-16-34)31-21-23-33(24-22-31)45-32-13-7-3-8-14-32/h3-4,7-10,13-24,27,30H,2,5-6,11-12,25-26H2,1H3,(H,38,42). The molecule has 1 aliphatic carbocycles. The zero-order valence-electron chi connectivity index (χ0n) is 25.7. The number of nitrogens with one attached hydrogen (secondary N) is 1. The number of rotatable bonds is 12. The van der Waals surface area contributed by atoms with Crippen molar-refractivity contribution in [3.63, 3.8) is 0 Å². The molecule has 240 valence electrons. The molecule has 0 aromatic heterocycles. The SMILES string of the molecule is CC(C(=O)NC1CCCCC1)N(Cc1ccc(F)cc1)C(=O)CN(c1ccc(Oc2ccccc2)cc1)S(=O)(=O)c1ccccc1. The van der Waals surface area contributed by atoms with Crippen LogP contribution < -0.4 is 14.4 Å². The Morgan fingerprint density at radius 1 is 0.826 bits per heavy atom. The zero-order valence-corrected chi connectivity index (χ0v) is 26.5. The van der Waals surface area contributed by atoms with Gasteiger partial charge in [-0.25, -0.2) is 12.8 Å². The molecule has 0 aliphatic heterocycles. The van der Waals surface area contributed by atoms with Crippen molar-refractivity contribution in [3.8, 4) is 11.5 Å². The largest absolute Gasteiger partial charge is 0.457 e. The minimum atomic E-state index is -4.21. The van der Waals surface area contributed by atoms with Crippen LogP contribution in [0.2, 0.25) is 0 Å². The summed E-state index contributed by atoms with van der Waals surface area (Å²) in [7, 11) is -4.21. The van der Waals surface area contributed by atoms with Gasteiger partial charge >= 0.3 is 0 Å². The molecule has 2 amide bonds. The highest BCUT2D eigenvalue weighted by molar-refractivity contribution is 7.92. The first-order chi connectivity index (χ1) is 22.2. The summed E-state index contributed by atoms with van der Waals surface area (Å²) in [5.41, 5.74) is 0.852. The zero-order chi connectivity index (χ0) is 32.5. The van der Waals surface area contributed by atoms with E-state index >= 15 is 0 Å². The third-order valence-electron chi connectivity index (χ3n) is 8.10. The van der Waals surface area contributed by atoms with E-state index in [9.17, 15) is 22.4 Å². The number of nitrogens with zero attached hydrogens (tertiary/aromatic N) is 2. The molecule has 4 aromatic carbocycles. The average Bonchev–Trinajstić information content (AvgIpc) is 3.08. The van der Waals surface area contributed by atoms with Crippen molar-refractivity contribution in [1.29, 1.82) is 0 Å². The van der Waals surface area contributed by atoms with Crippen LogP contribution in [0.1, 0.15) is 44.6 Å². The number of hydrogen-bond donors (Lipinski definition) is 1. The summed E-state index contributed by atoms with van der Waals surface area (Å²) in [6.07, 6.45) is 4.93. The molecule has 1 saturated carbocycles. The van der Waals surface area contributed by atoms with Crippen LogP contribution >= 0.6 is 0 Å². The lowest BCUT2D eigenvalue weighted by atomic mass is 9.95. The lowest BCUT2D eigenvalue weighted by Crippen LogP contribution is -2.53. The van der Waals surface area contributed by atoms with Gasteiger partial charge in [-0.1, -0.05) is 67.8 Å². The van der Waals surface area contributed by atoms with Gasteiger partial charge in [0, 0.05) is 12.6 Å². The second kappa shape index (κ2) is 15.1. The first-order valence-corrected chi connectivity index (χ1v) is 16.9. The maximum absolute atomic E-state index is 14.2. The summed E-state index contributed by atoms with van der Waals surface area (Å²) in [5, 5.41) is 3.08. The summed E-state index contributed by atoms with van der Waals surface area (Å²) in [5.74, 6) is -0.216.